The zero-order chi connectivity index (χ0) is 30.3. The molecule has 0 bridgehead atoms. The Bertz CT molecular complexity index is 1250. The van der Waals surface area contributed by atoms with E-state index in [4.69, 9.17) is 9.47 Å². The van der Waals surface area contributed by atoms with Crippen LogP contribution in [0.3, 0.4) is 0 Å². The molecule has 1 N–H and O–H groups in total. The number of carbonyl (C=O) groups excluding carboxylic acids is 4. The van der Waals surface area contributed by atoms with Crippen molar-refractivity contribution >= 4 is 39.6 Å². The Hall–Kier alpha value is -3.18. The Labute approximate surface area is 240 Å². The highest BCUT2D eigenvalue weighted by atomic mass is 79.9. The zero-order valence-electron chi connectivity index (χ0n) is 23.2. The molecule has 1 heterocycles. The number of benzene rings is 2. The van der Waals surface area contributed by atoms with Crippen molar-refractivity contribution in [3.63, 3.8) is 0 Å². The molecule has 0 aliphatic carbocycles. The van der Waals surface area contributed by atoms with Crippen molar-refractivity contribution in [2.75, 3.05) is 25.0 Å². The summed E-state index contributed by atoms with van der Waals surface area (Å²) in [5.74, 6) is -2.14. The number of halogens is 3. The van der Waals surface area contributed by atoms with Crippen LogP contribution >= 0.6 is 15.9 Å². The molecule has 3 rings (SSSR count). The van der Waals surface area contributed by atoms with Crippen molar-refractivity contribution in [1.82, 2.24) is 4.90 Å². The van der Waals surface area contributed by atoms with Gasteiger partial charge >= 0.3 is 12.1 Å². The van der Waals surface area contributed by atoms with Crippen molar-refractivity contribution in [1.29, 1.82) is 0 Å². The number of likely N-dealkylation sites (tertiary alicyclic amines) is 1. The molecular weight excluding hydrogens is 592 g/mol. The van der Waals surface area contributed by atoms with Crippen molar-refractivity contribution in [2.24, 2.45) is 0 Å². The number of piperidine rings is 1. The third-order valence-corrected chi connectivity index (χ3v) is 6.55. The number of hydrogen-bond donors (Lipinski definition) is 1. The molecule has 1 aliphatic rings. The minimum Gasteiger partial charge on any atom is -0.455 e. The lowest BCUT2D eigenvalue weighted by Crippen LogP contribution is -2.52. The van der Waals surface area contributed by atoms with Gasteiger partial charge in [-0.1, -0.05) is 15.9 Å². The highest BCUT2D eigenvalue weighted by Gasteiger charge is 2.42. The molecule has 0 spiro atoms. The maximum atomic E-state index is 13.3. The van der Waals surface area contributed by atoms with E-state index in [0.29, 0.717) is 16.7 Å². The molecule has 1 amide bonds. The molecule has 1 fully saturated rings. The minimum absolute atomic E-state index is 0.0189. The zero-order valence-corrected chi connectivity index (χ0v) is 24.8. The van der Waals surface area contributed by atoms with Crippen molar-refractivity contribution in [3.05, 3.63) is 70.3 Å². The molecule has 1 aliphatic heterocycles. The van der Waals surface area contributed by atoms with Crippen LogP contribution in [-0.4, -0.2) is 69.9 Å². The van der Waals surface area contributed by atoms with Gasteiger partial charge in [0, 0.05) is 37.1 Å². The Morgan fingerprint density at radius 2 is 1.40 bits per heavy atom. The smallest absolute Gasteiger partial charge is 0.410 e. The quantitative estimate of drug-likeness (QED) is 0.262. The van der Waals surface area contributed by atoms with Gasteiger partial charge in [0.25, 0.3) is 0 Å². The number of alkyl halides is 1. The first-order chi connectivity index (χ1) is 18.6. The van der Waals surface area contributed by atoms with Crippen LogP contribution in [0.5, 0.6) is 0 Å². The summed E-state index contributed by atoms with van der Waals surface area (Å²) in [6, 6.07) is 8.21. The molecule has 8 nitrogen and oxygen atoms in total. The fraction of sp³-hybridized carbons (Fsp3) is 0.448. The summed E-state index contributed by atoms with van der Waals surface area (Å²) < 4.78 is 36.3. The second-order valence-electron chi connectivity index (χ2n) is 10.5. The Morgan fingerprint density at radius 3 is 1.82 bits per heavy atom. The third kappa shape index (κ3) is 9.48. The highest BCUT2D eigenvalue weighted by molar-refractivity contribution is 9.09. The van der Waals surface area contributed by atoms with Crippen LogP contribution in [0.15, 0.2) is 36.4 Å². The molecule has 218 valence electrons. The van der Waals surface area contributed by atoms with Crippen LogP contribution in [-0.2, 0) is 14.3 Å². The van der Waals surface area contributed by atoms with Crippen molar-refractivity contribution in [2.45, 2.75) is 58.7 Å². The number of aryl methyl sites for hydroxylation is 2. The standard InChI is InChI=1S/C20H26FNO6.C9H8BrFO/c1-13-11-14(5-6-15(13)21)16(23)12-27-17(24)20(26)7-9-22(10-8-20)18(25)28-19(2,3)4;1-6-4-7(9(12)5-10)2-3-8(6)11/h5-6,11,26H,7-10,12H2,1-4H3;2-4H,5H2,1H3. The number of rotatable bonds is 6. The molecule has 11 heteroatoms. The van der Waals surface area contributed by atoms with Gasteiger partial charge in [-0.3, -0.25) is 9.59 Å². The number of amides is 1. The first kappa shape index (κ1) is 33.0. The van der Waals surface area contributed by atoms with Crippen LogP contribution in [0, 0.1) is 25.5 Å². The number of ketones is 2. The predicted octanol–water partition coefficient (Wildman–Crippen LogP) is 5.33. The Morgan fingerprint density at radius 1 is 0.925 bits per heavy atom. The lowest BCUT2D eigenvalue weighted by Gasteiger charge is -2.36. The van der Waals surface area contributed by atoms with Gasteiger partial charge in [-0.05, 0) is 82.1 Å². The number of aliphatic hydroxyl groups is 1. The molecule has 0 unspecified atom stereocenters. The summed E-state index contributed by atoms with van der Waals surface area (Å²) in [4.78, 5) is 49.0. The van der Waals surface area contributed by atoms with Crippen LogP contribution in [0.25, 0.3) is 0 Å². The first-order valence-corrected chi connectivity index (χ1v) is 13.7. The fourth-order valence-corrected chi connectivity index (χ4v) is 3.98. The third-order valence-electron chi connectivity index (χ3n) is 6.04. The number of hydrogen-bond acceptors (Lipinski definition) is 7. The van der Waals surface area contributed by atoms with Gasteiger partial charge in [0.15, 0.2) is 23.8 Å². The SMILES string of the molecule is Cc1cc(C(=O)CBr)ccc1F.Cc1cc(C(=O)COC(=O)C2(O)CCN(C(=O)OC(C)(C)C)CC2)ccc1F. The maximum Gasteiger partial charge on any atom is 0.410 e. The second kappa shape index (κ2) is 13.9. The number of carbonyl (C=O) groups is 4. The van der Waals surface area contributed by atoms with E-state index in [-0.39, 0.29) is 48.4 Å². The van der Waals surface area contributed by atoms with Gasteiger partial charge < -0.3 is 19.5 Å². The largest absolute Gasteiger partial charge is 0.455 e. The molecule has 0 aromatic heterocycles. The fourth-order valence-electron chi connectivity index (χ4n) is 3.65. The maximum absolute atomic E-state index is 13.3. The van der Waals surface area contributed by atoms with Gasteiger partial charge in [-0.25, -0.2) is 18.4 Å². The van der Waals surface area contributed by atoms with Crippen LogP contribution < -0.4 is 0 Å². The van der Waals surface area contributed by atoms with E-state index in [2.05, 4.69) is 15.9 Å². The predicted molar refractivity (Wildman–Crippen MR) is 148 cm³/mol. The van der Waals surface area contributed by atoms with E-state index < -0.39 is 41.5 Å². The molecule has 0 radical (unpaired) electrons. The van der Waals surface area contributed by atoms with E-state index in [0.717, 1.165) is 0 Å². The molecule has 0 atom stereocenters. The van der Waals surface area contributed by atoms with Crippen molar-refractivity contribution in [3.8, 4) is 0 Å². The number of nitrogens with zero attached hydrogens (tertiary/aromatic N) is 1. The number of esters is 1. The molecule has 2 aromatic rings. The average Bonchev–Trinajstić information content (AvgIpc) is 2.89. The highest BCUT2D eigenvalue weighted by Crippen LogP contribution is 2.25. The Balaban J connectivity index is 0.000000389. The average molecular weight is 626 g/mol. The molecule has 0 saturated carbocycles. The lowest BCUT2D eigenvalue weighted by molar-refractivity contribution is -0.169. The first-order valence-electron chi connectivity index (χ1n) is 12.6. The summed E-state index contributed by atoms with van der Waals surface area (Å²) >= 11 is 3.05. The van der Waals surface area contributed by atoms with Gasteiger partial charge in [0.2, 0.25) is 0 Å². The van der Waals surface area contributed by atoms with E-state index in [1.807, 2.05) is 0 Å². The van der Waals surface area contributed by atoms with Gasteiger partial charge in [-0.2, -0.15) is 0 Å². The molecule has 40 heavy (non-hydrogen) atoms. The normalized spacial score (nSPS) is 14.5. The Kier molecular flexibility index (Phi) is 11.5. The van der Waals surface area contributed by atoms with E-state index in [1.165, 1.54) is 42.2 Å². The van der Waals surface area contributed by atoms with Crippen molar-refractivity contribution < 1.29 is 42.5 Å². The molecule has 1 saturated heterocycles. The molecule has 2 aromatic carbocycles. The number of Topliss-reactive ketones (excluding diaryl/α,β-unsaturated/α-hetero) is 2. The van der Waals surface area contributed by atoms with Crippen LogP contribution in [0.2, 0.25) is 0 Å². The topological polar surface area (TPSA) is 110 Å². The summed E-state index contributed by atoms with van der Waals surface area (Å²) in [5.41, 5.74) is -0.823. The van der Waals surface area contributed by atoms with E-state index in [1.54, 1.807) is 33.8 Å². The summed E-state index contributed by atoms with van der Waals surface area (Å²) in [6.45, 7) is 8.13. The van der Waals surface area contributed by atoms with Gasteiger partial charge in [0.05, 0.1) is 5.33 Å². The lowest BCUT2D eigenvalue weighted by atomic mass is 9.92. The monoisotopic (exact) mass is 625 g/mol. The van der Waals surface area contributed by atoms with Crippen LogP contribution in [0.4, 0.5) is 13.6 Å². The second-order valence-corrected chi connectivity index (χ2v) is 11.0. The van der Waals surface area contributed by atoms with Gasteiger partial charge in [-0.15, -0.1) is 0 Å². The minimum atomic E-state index is -1.77. The van der Waals surface area contributed by atoms with E-state index in [9.17, 15) is 33.1 Å². The number of ether oxygens (including phenoxy) is 2. The van der Waals surface area contributed by atoms with E-state index >= 15 is 0 Å². The van der Waals surface area contributed by atoms with Gasteiger partial charge in [0.1, 0.15) is 17.2 Å². The van der Waals surface area contributed by atoms with Crippen LogP contribution in [0.1, 0.15) is 65.5 Å². The summed E-state index contributed by atoms with van der Waals surface area (Å²) in [7, 11) is 0. The molecular formula is C29H34BrF2NO7. The summed E-state index contributed by atoms with van der Waals surface area (Å²) in [6.07, 6.45) is -0.547. The summed E-state index contributed by atoms with van der Waals surface area (Å²) in [5, 5.41) is 10.8.